The normalized spacial score (nSPS) is 18.0. The Labute approximate surface area is 140 Å². The van der Waals surface area contributed by atoms with Gasteiger partial charge in [-0.2, -0.15) is 0 Å². The molecule has 0 radical (unpaired) electrons. The highest BCUT2D eigenvalue weighted by atomic mass is 19.1. The van der Waals surface area contributed by atoms with Crippen LogP contribution in [0.15, 0.2) is 30.5 Å². The molecule has 2 aliphatic heterocycles. The fourth-order valence-corrected chi connectivity index (χ4v) is 3.59. The molecule has 0 bridgehead atoms. The van der Waals surface area contributed by atoms with Crippen LogP contribution in [0, 0.1) is 5.82 Å². The summed E-state index contributed by atoms with van der Waals surface area (Å²) < 4.78 is 15.4. The Hall–Kier alpha value is -2.21. The molecule has 2 aliphatic rings. The molecule has 2 aromatic rings. The van der Waals surface area contributed by atoms with Crippen LogP contribution in [0.4, 0.5) is 4.39 Å². The zero-order valence-corrected chi connectivity index (χ0v) is 13.6. The van der Waals surface area contributed by atoms with Crippen molar-refractivity contribution in [2.75, 3.05) is 19.6 Å². The van der Waals surface area contributed by atoms with E-state index in [1.54, 1.807) is 18.3 Å². The molecule has 126 valence electrons. The first-order chi connectivity index (χ1) is 11.7. The van der Waals surface area contributed by atoms with Crippen molar-refractivity contribution in [3.05, 3.63) is 53.4 Å². The summed E-state index contributed by atoms with van der Waals surface area (Å²) in [6.07, 6.45) is 3.89. The number of hydrogen-bond acceptors (Lipinski definition) is 3. The van der Waals surface area contributed by atoms with Crippen molar-refractivity contribution in [2.24, 2.45) is 0 Å². The van der Waals surface area contributed by atoms with E-state index in [1.807, 2.05) is 15.5 Å². The molecule has 1 fully saturated rings. The van der Waals surface area contributed by atoms with Crippen LogP contribution in [-0.2, 0) is 19.6 Å². The van der Waals surface area contributed by atoms with E-state index in [2.05, 4.69) is 9.88 Å². The maximum Gasteiger partial charge on any atom is 0.272 e. The maximum absolute atomic E-state index is 13.3. The van der Waals surface area contributed by atoms with Crippen LogP contribution in [0.1, 0.15) is 34.7 Å². The van der Waals surface area contributed by atoms with Gasteiger partial charge in [-0.25, -0.2) is 9.37 Å². The van der Waals surface area contributed by atoms with E-state index in [0.29, 0.717) is 18.8 Å². The predicted octanol–water partition coefficient (Wildman–Crippen LogP) is 2.27. The van der Waals surface area contributed by atoms with Gasteiger partial charge in [0.1, 0.15) is 17.3 Å². The first kappa shape index (κ1) is 15.3. The molecule has 1 amide bonds. The highest BCUT2D eigenvalue weighted by Gasteiger charge is 2.27. The lowest BCUT2D eigenvalue weighted by molar-refractivity contribution is 0.0777. The molecule has 1 saturated heterocycles. The van der Waals surface area contributed by atoms with Gasteiger partial charge in [-0.3, -0.25) is 9.69 Å². The molecule has 0 aliphatic carbocycles. The summed E-state index contributed by atoms with van der Waals surface area (Å²) in [6.45, 7) is 4.67. The molecular weight excluding hydrogens is 307 g/mol. The van der Waals surface area contributed by atoms with Crippen LogP contribution in [-0.4, -0.2) is 44.9 Å². The topological polar surface area (TPSA) is 41.4 Å². The van der Waals surface area contributed by atoms with E-state index >= 15 is 0 Å². The first-order valence-corrected chi connectivity index (χ1v) is 8.51. The fourth-order valence-electron chi connectivity index (χ4n) is 3.59. The molecular formula is C18H21FN4O. The lowest BCUT2D eigenvalue weighted by atomic mass is 10.2. The van der Waals surface area contributed by atoms with E-state index < -0.39 is 0 Å². The van der Waals surface area contributed by atoms with Crippen LogP contribution < -0.4 is 0 Å². The average Bonchev–Trinajstić information content (AvgIpc) is 3.24. The minimum Gasteiger partial charge on any atom is -0.337 e. The Morgan fingerprint density at radius 2 is 2.00 bits per heavy atom. The van der Waals surface area contributed by atoms with E-state index in [1.165, 1.54) is 6.07 Å². The van der Waals surface area contributed by atoms with Crippen LogP contribution in [0.3, 0.4) is 0 Å². The van der Waals surface area contributed by atoms with Crippen LogP contribution in [0.25, 0.3) is 0 Å². The van der Waals surface area contributed by atoms with Crippen molar-refractivity contribution >= 4 is 5.91 Å². The number of likely N-dealkylation sites (tertiary alicyclic amines) is 1. The molecule has 0 spiro atoms. The van der Waals surface area contributed by atoms with E-state index in [-0.39, 0.29) is 11.7 Å². The zero-order valence-electron chi connectivity index (χ0n) is 13.6. The Morgan fingerprint density at radius 3 is 2.79 bits per heavy atom. The SMILES string of the molecule is O=C(c1cnc2n1CCN(Cc1cccc(F)c1)C2)N1CCCC1. The van der Waals surface area contributed by atoms with Crippen LogP contribution in [0.2, 0.25) is 0 Å². The van der Waals surface area contributed by atoms with E-state index in [0.717, 1.165) is 50.4 Å². The van der Waals surface area contributed by atoms with Gasteiger partial charge in [-0.15, -0.1) is 0 Å². The summed E-state index contributed by atoms with van der Waals surface area (Å²) >= 11 is 0. The molecule has 0 unspecified atom stereocenters. The smallest absolute Gasteiger partial charge is 0.272 e. The minimum absolute atomic E-state index is 0.102. The van der Waals surface area contributed by atoms with Crippen LogP contribution in [0.5, 0.6) is 0 Å². The van der Waals surface area contributed by atoms with Crippen molar-refractivity contribution in [3.8, 4) is 0 Å². The molecule has 1 aromatic heterocycles. The fraction of sp³-hybridized carbons (Fsp3) is 0.444. The molecule has 0 N–H and O–H groups in total. The molecule has 0 atom stereocenters. The molecule has 24 heavy (non-hydrogen) atoms. The van der Waals surface area contributed by atoms with Crippen molar-refractivity contribution in [1.29, 1.82) is 0 Å². The summed E-state index contributed by atoms with van der Waals surface area (Å²) in [7, 11) is 0. The number of aromatic nitrogens is 2. The Morgan fingerprint density at radius 1 is 1.17 bits per heavy atom. The van der Waals surface area contributed by atoms with Gasteiger partial charge in [0.25, 0.3) is 5.91 Å². The third-order valence-electron chi connectivity index (χ3n) is 4.85. The molecule has 4 rings (SSSR count). The van der Waals surface area contributed by atoms with Gasteiger partial charge in [0.15, 0.2) is 0 Å². The van der Waals surface area contributed by atoms with E-state index in [9.17, 15) is 9.18 Å². The summed E-state index contributed by atoms with van der Waals surface area (Å²) in [4.78, 5) is 21.2. The highest BCUT2D eigenvalue weighted by molar-refractivity contribution is 5.92. The maximum atomic E-state index is 13.3. The van der Waals surface area contributed by atoms with Crippen molar-refractivity contribution in [1.82, 2.24) is 19.4 Å². The number of halogens is 1. The zero-order chi connectivity index (χ0) is 16.5. The number of imidazole rings is 1. The van der Waals surface area contributed by atoms with Crippen molar-refractivity contribution in [2.45, 2.75) is 32.5 Å². The largest absolute Gasteiger partial charge is 0.337 e. The van der Waals surface area contributed by atoms with Gasteiger partial charge in [0, 0.05) is 32.7 Å². The monoisotopic (exact) mass is 328 g/mol. The highest BCUT2D eigenvalue weighted by Crippen LogP contribution is 2.19. The molecule has 3 heterocycles. The molecule has 0 saturated carbocycles. The predicted molar refractivity (Wildman–Crippen MR) is 87.9 cm³/mol. The number of nitrogens with zero attached hydrogens (tertiary/aromatic N) is 4. The minimum atomic E-state index is -0.204. The van der Waals surface area contributed by atoms with Gasteiger partial charge >= 0.3 is 0 Å². The number of fused-ring (bicyclic) bond motifs is 1. The molecule has 1 aromatic carbocycles. The van der Waals surface area contributed by atoms with Gasteiger partial charge < -0.3 is 9.47 Å². The molecule has 6 heteroatoms. The standard InChI is InChI=1S/C18H21FN4O/c19-15-5-3-4-14(10-15)12-21-8-9-23-16(11-20-17(23)13-21)18(24)22-6-1-2-7-22/h3-5,10-11H,1-2,6-9,12-13H2. The van der Waals surface area contributed by atoms with Crippen LogP contribution >= 0.6 is 0 Å². The Balaban J connectivity index is 1.47. The van der Waals surface area contributed by atoms with Crippen molar-refractivity contribution in [3.63, 3.8) is 0 Å². The third kappa shape index (κ3) is 2.94. The number of hydrogen-bond donors (Lipinski definition) is 0. The Bertz CT molecular complexity index is 751. The van der Waals surface area contributed by atoms with Gasteiger partial charge in [0.2, 0.25) is 0 Å². The number of rotatable bonds is 3. The van der Waals surface area contributed by atoms with Gasteiger partial charge in [-0.1, -0.05) is 12.1 Å². The lowest BCUT2D eigenvalue weighted by Crippen LogP contribution is -2.36. The molecule has 5 nitrogen and oxygen atoms in total. The second-order valence-corrected chi connectivity index (χ2v) is 6.55. The van der Waals surface area contributed by atoms with Crippen molar-refractivity contribution < 1.29 is 9.18 Å². The number of amides is 1. The first-order valence-electron chi connectivity index (χ1n) is 8.51. The second-order valence-electron chi connectivity index (χ2n) is 6.55. The second kappa shape index (κ2) is 6.36. The Kier molecular flexibility index (Phi) is 4.06. The van der Waals surface area contributed by atoms with Gasteiger partial charge in [0.05, 0.1) is 12.7 Å². The number of carbonyl (C=O) groups excluding carboxylic acids is 1. The lowest BCUT2D eigenvalue weighted by Gasteiger charge is -2.28. The third-order valence-corrected chi connectivity index (χ3v) is 4.85. The quantitative estimate of drug-likeness (QED) is 0.868. The number of benzene rings is 1. The van der Waals surface area contributed by atoms with Gasteiger partial charge in [-0.05, 0) is 30.5 Å². The summed E-state index contributed by atoms with van der Waals surface area (Å²) in [6, 6.07) is 6.71. The van der Waals surface area contributed by atoms with E-state index in [4.69, 9.17) is 0 Å². The summed E-state index contributed by atoms with van der Waals surface area (Å²) in [5.74, 6) is 0.814. The number of carbonyl (C=O) groups is 1. The summed E-state index contributed by atoms with van der Waals surface area (Å²) in [5, 5.41) is 0. The summed E-state index contributed by atoms with van der Waals surface area (Å²) in [5.41, 5.74) is 1.67. The average molecular weight is 328 g/mol.